The van der Waals surface area contributed by atoms with Gasteiger partial charge in [0.1, 0.15) is 0 Å². The Kier molecular flexibility index (Phi) is 3.32. The van der Waals surface area contributed by atoms with Crippen molar-refractivity contribution in [3.63, 3.8) is 0 Å². The number of nitrogens with zero attached hydrogens (tertiary/aromatic N) is 4. The third kappa shape index (κ3) is 2.46. The summed E-state index contributed by atoms with van der Waals surface area (Å²) in [6.45, 7) is 0.690. The van der Waals surface area contributed by atoms with E-state index in [-0.39, 0.29) is 25.5 Å². The number of aliphatic hydroxyl groups excluding tert-OH is 1. The Morgan fingerprint density at radius 3 is 2.62 bits per heavy atom. The Balaban J connectivity index is 1.90. The van der Waals surface area contributed by atoms with Crippen molar-refractivity contribution in [2.75, 3.05) is 11.4 Å². The molecule has 0 unspecified atom stereocenters. The smallest absolute Gasteiger partial charge is 0.392 e. The number of halogens is 3. The van der Waals surface area contributed by atoms with Crippen molar-refractivity contribution in [3.8, 4) is 0 Å². The highest BCUT2D eigenvalue weighted by Gasteiger charge is 2.39. The highest BCUT2D eigenvalue weighted by Crippen LogP contribution is 2.31. The van der Waals surface area contributed by atoms with Gasteiger partial charge in [-0.2, -0.15) is 13.2 Å². The summed E-state index contributed by atoms with van der Waals surface area (Å²) in [5, 5.41) is 16.2. The molecule has 0 bridgehead atoms. The molecule has 1 aromatic carbocycles. The van der Waals surface area contributed by atoms with Crippen LogP contribution in [-0.4, -0.2) is 26.4 Å². The first kappa shape index (κ1) is 13.9. The van der Waals surface area contributed by atoms with Gasteiger partial charge in [0.25, 0.3) is 0 Å². The van der Waals surface area contributed by atoms with Crippen LogP contribution in [0.1, 0.15) is 17.2 Å². The lowest BCUT2D eigenvalue weighted by atomic mass is 10.1. The number of benzene rings is 1. The van der Waals surface area contributed by atoms with E-state index in [2.05, 4.69) is 10.2 Å². The van der Waals surface area contributed by atoms with E-state index in [1.807, 2.05) is 23.1 Å². The van der Waals surface area contributed by atoms with E-state index in [0.29, 0.717) is 6.54 Å². The molecule has 0 aliphatic carbocycles. The first-order valence-corrected chi connectivity index (χ1v) is 6.43. The molecule has 0 radical (unpaired) electrons. The molecular weight excluding hydrogens is 285 g/mol. The summed E-state index contributed by atoms with van der Waals surface area (Å²) in [7, 11) is 0. The molecule has 1 aromatic heterocycles. The summed E-state index contributed by atoms with van der Waals surface area (Å²) in [5.41, 5.74) is 1.55. The first-order chi connectivity index (χ1) is 10.0. The van der Waals surface area contributed by atoms with Crippen LogP contribution in [-0.2, 0) is 25.9 Å². The van der Waals surface area contributed by atoms with Gasteiger partial charge in [0.15, 0.2) is 5.82 Å². The Morgan fingerprint density at radius 2 is 1.90 bits per heavy atom. The number of para-hydroxylation sites is 1. The highest BCUT2D eigenvalue weighted by molar-refractivity contribution is 5.53. The summed E-state index contributed by atoms with van der Waals surface area (Å²) in [5.74, 6) is -0.672. The van der Waals surface area contributed by atoms with Crippen LogP contribution in [0.15, 0.2) is 24.3 Å². The molecule has 0 atom stereocenters. The summed E-state index contributed by atoms with van der Waals surface area (Å²) in [6, 6.07) is 7.26. The summed E-state index contributed by atoms with van der Waals surface area (Å²) in [6.07, 6.45) is -4.49. The third-order valence-electron chi connectivity index (χ3n) is 3.51. The average Bonchev–Trinajstić information content (AvgIpc) is 2.90. The summed E-state index contributed by atoms with van der Waals surface area (Å²) in [4.78, 5) is 1.90. The zero-order valence-electron chi connectivity index (χ0n) is 11.0. The van der Waals surface area contributed by atoms with Gasteiger partial charge >= 0.3 is 6.18 Å². The van der Waals surface area contributed by atoms with Gasteiger partial charge < -0.3 is 14.6 Å². The molecule has 1 N–H and O–H groups in total. The standard InChI is InChI=1S/C13H13F3N4O/c14-13(15,16)12-18-17-11-7-19(5-6-20(11)12)10-4-2-1-3-9(10)8-21/h1-4,21H,5-8H2. The number of aromatic nitrogens is 3. The number of anilines is 1. The van der Waals surface area contributed by atoms with Gasteiger partial charge in [-0.3, -0.25) is 0 Å². The fourth-order valence-corrected chi connectivity index (χ4v) is 2.53. The van der Waals surface area contributed by atoms with Gasteiger partial charge in [0.2, 0.25) is 5.82 Å². The van der Waals surface area contributed by atoms with Crippen LogP contribution in [0.5, 0.6) is 0 Å². The predicted octanol–water partition coefficient (Wildman–Crippen LogP) is 1.81. The SMILES string of the molecule is OCc1ccccc1N1CCn2c(nnc2C(F)(F)F)C1. The van der Waals surface area contributed by atoms with Crippen molar-refractivity contribution < 1.29 is 18.3 Å². The lowest BCUT2D eigenvalue weighted by molar-refractivity contribution is -0.147. The maximum absolute atomic E-state index is 12.8. The zero-order valence-corrected chi connectivity index (χ0v) is 11.0. The number of hydrogen-bond donors (Lipinski definition) is 1. The third-order valence-corrected chi connectivity index (χ3v) is 3.51. The van der Waals surface area contributed by atoms with Gasteiger partial charge in [0.05, 0.1) is 13.2 Å². The van der Waals surface area contributed by atoms with E-state index >= 15 is 0 Å². The van der Waals surface area contributed by atoms with Gasteiger partial charge in [-0.1, -0.05) is 18.2 Å². The zero-order chi connectivity index (χ0) is 15.0. The normalized spacial score (nSPS) is 15.1. The van der Waals surface area contributed by atoms with Crippen molar-refractivity contribution in [1.29, 1.82) is 0 Å². The molecule has 0 saturated carbocycles. The van der Waals surface area contributed by atoms with Crippen molar-refractivity contribution >= 4 is 5.69 Å². The van der Waals surface area contributed by atoms with E-state index in [1.54, 1.807) is 6.07 Å². The van der Waals surface area contributed by atoms with Crippen molar-refractivity contribution in [3.05, 3.63) is 41.5 Å². The average molecular weight is 298 g/mol. The van der Waals surface area contributed by atoms with Crippen LogP contribution >= 0.6 is 0 Å². The molecule has 0 amide bonds. The lowest BCUT2D eigenvalue weighted by Crippen LogP contribution is -2.35. The molecule has 21 heavy (non-hydrogen) atoms. The second kappa shape index (κ2) is 5.03. The van der Waals surface area contributed by atoms with Crippen LogP contribution in [0, 0.1) is 0 Å². The van der Waals surface area contributed by atoms with Crippen molar-refractivity contribution in [1.82, 2.24) is 14.8 Å². The quantitative estimate of drug-likeness (QED) is 0.918. The number of fused-ring (bicyclic) bond motifs is 1. The fraction of sp³-hybridized carbons (Fsp3) is 0.385. The minimum atomic E-state index is -4.49. The van der Waals surface area contributed by atoms with Gasteiger partial charge in [0, 0.05) is 24.3 Å². The van der Waals surface area contributed by atoms with Crippen LogP contribution in [0.3, 0.4) is 0 Å². The van der Waals surface area contributed by atoms with E-state index in [0.717, 1.165) is 15.8 Å². The highest BCUT2D eigenvalue weighted by atomic mass is 19.4. The van der Waals surface area contributed by atoms with Crippen molar-refractivity contribution in [2.24, 2.45) is 0 Å². The van der Waals surface area contributed by atoms with E-state index in [4.69, 9.17) is 0 Å². The molecule has 1 aliphatic rings. The van der Waals surface area contributed by atoms with Crippen LogP contribution in [0.2, 0.25) is 0 Å². The summed E-state index contributed by atoms with van der Waals surface area (Å²) < 4.78 is 39.4. The minimum Gasteiger partial charge on any atom is -0.392 e. The topological polar surface area (TPSA) is 54.2 Å². The maximum Gasteiger partial charge on any atom is 0.451 e. The molecule has 0 fully saturated rings. The largest absolute Gasteiger partial charge is 0.451 e. The first-order valence-electron chi connectivity index (χ1n) is 6.43. The number of alkyl halides is 3. The fourth-order valence-electron chi connectivity index (χ4n) is 2.53. The monoisotopic (exact) mass is 298 g/mol. The van der Waals surface area contributed by atoms with Gasteiger partial charge in [-0.25, -0.2) is 0 Å². The molecule has 5 nitrogen and oxygen atoms in total. The molecule has 0 spiro atoms. The Morgan fingerprint density at radius 1 is 1.14 bits per heavy atom. The second-order valence-electron chi connectivity index (χ2n) is 4.80. The Bertz CT molecular complexity index is 653. The number of rotatable bonds is 2. The molecular formula is C13H13F3N4O. The molecule has 112 valence electrons. The Hall–Kier alpha value is -2.09. The molecule has 8 heteroatoms. The molecule has 3 rings (SSSR count). The Labute approximate surface area is 118 Å². The maximum atomic E-state index is 12.8. The summed E-state index contributed by atoms with van der Waals surface area (Å²) >= 11 is 0. The molecule has 0 saturated heterocycles. The number of aliphatic hydroxyl groups is 1. The molecule has 1 aliphatic heterocycles. The predicted molar refractivity (Wildman–Crippen MR) is 68.4 cm³/mol. The number of hydrogen-bond acceptors (Lipinski definition) is 4. The second-order valence-corrected chi connectivity index (χ2v) is 4.80. The van der Waals surface area contributed by atoms with Crippen LogP contribution in [0.25, 0.3) is 0 Å². The molecule has 2 aromatic rings. The molecule has 2 heterocycles. The lowest BCUT2D eigenvalue weighted by Gasteiger charge is -2.31. The van der Waals surface area contributed by atoms with E-state index < -0.39 is 12.0 Å². The van der Waals surface area contributed by atoms with E-state index in [9.17, 15) is 18.3 Å². The van der Waals surface area contributed by atoms with E-state index in [1.165, 1.54) is 0 Å². The van der Waals surface area contributed by atoms with Gasteiger partial charge in [-0.05, 0) is 6.07 Å². The minimum absolute atomic E-state index is 0.118. The van der Waals surface area contributed by atoms with Crippen LogP contribution < -0.4 is 4.90 Å². The van der Waals surface area contributed by atoms with Crippen molar-refractivity contribution in [2.45, 2.75) is 25.9 Å². The van der Waals surface area contributed by atoms with Crippen LogP contribution in [0.4, 0.5) is 18.9 Å². The van der Waals surface area contributed by atoms with Gasteiger partial charge in [-0.15, -0.1) is 10.2 Å².